The first-order valence-corrected chi connectivity index (χ1v) is 15.8. The average Bonchev–Trinajstić information content (AvgIpc) is 3.49. The highest BCUT2D eigenvalue weighted by molar-refractivity contribution is 7.90. The van der Waals surface area contributed by atoms with Gasteiger partial charge in [0.15, 0.2) is 0 Å². The minimum atomic E-state index is -2.99. The van der Waals surface area contributed by atoms with E-state index < -0.39 is 9.84 Å². The Balaban J connectivity index is 1.28. The Kier molecular flexibility index (Phi) is 6.54. The SMILES string of the molecule is CC(C)c1ccc(N2C[C@H](CS(C)(=O)=O)[C@H]2C)c2cnc(Cc3ccnc(N4CC[C@@H]5COC[C@@H]54)n3)cc12. The number of hydrogen-bond donors (Lipinski definition) is 0. The van der Waals surface area contributed by atoms with Crippen molar-refractivity contribution in [3.63, 3.8) is 0 Å². The van der Waals surface area contributed by atoms with Crippen LogP contribution in [0.1, 0.15) is 50.1 Å². The van der Waals surface area contributed by atoms with E-state index in [9.17, 15) is 8.42 Å². The molecule has 0 amide bonds. The molecule has 3 aliphatic heterocycles. The standard InChI is InChI=1S/C29H37N5O3S/c1-18(2)24-5-6-27(34-14-21(19(34)3)17-38(4,35)36)26-13-31-23(12-25(24)26)11-22-7-9-30-29(32-22)33-10-8-20-15-37-16-28(20)33/h5-7,9,12-13,18-21,28H,8,10-11,14-17H2,1-4H3/t19-,20-,21-,28+/m1/s1. The largest absolute Gasteiger partial charge is 0.379 e. The van der Waals surface area contributed by atoms with Gasteiger partial charge in [0.25, 0.3) is 0 Å². The Morgan fingerprint density at radius 3 is 2.68 bits per heavy atom. The Hall–Kier alpha value is -2.78. The number of hydrogen-bond acceptors (Lipinski definition) is 8. The highest BCUT2D eigenvalue weighted by atomic mass is 32.2. The number of anilines is 2. The van der Waals surface area contributed by atoms with Gasteiger partial charge in [-0.1, -0.05) is 19.9 Å². The van der Waals surface area contributed by atoms with Crippen LogP contribution in [-0.4, -0.2) is 73.8 Å². The molecule has 0 radical (unpaired) electrons. The van der Waals surface area contributed by atoms with Crippen molar-refractivity contribution >= 4 is 32.2 Å². The predicted molar refractivity (Wildman–Crippen MR) is 151 cm³/mol. The van der Waals surface area contributed by atoms with Crippen molar-refractivity contribution in [2.24, 2.45) is 11.8 Å². The van der Waals surface area contributed by atoms with Gasteiger partial charge in [0.05, 0.1) is 30.7 Å². The first kappa shape index (κ1) is 25.5. The first-order chi connectivity index (χ1) is 18.2. The maximum absolute atomic E-state index is 11.8. The number of benzene rings is 1. The van der Waals surface area contributed by atoms with Gasteiger partial charge in [-0.15, -0.1) is 0 Å². The van der Waals surface area contributed by atoms with Crippen molar-refractivity contribution in [2.45, 2.75) is 51.6 Å². The fraction of sp³-hybridized carbons (Fsp3) is 0.552. The Bertz CT molecular complexity index is 1460. The zero-order chi connectivity index (χ0) is 26.6. The van der Waals surface area contributed by atoms with Gasteiger partial charge in [-0.3, -0.25) is 4.98 Å². The summed E-state index contributed by atoms with van der Waals surface area (Å²) < 4.78 is 29.4. The Labute approximate surface area is 225 Å². The molecule has 8 nitrogen and oxygen atoms in total. The number of rotatable bonds is 7. The van der Waals surface area contributed by atoms with Crippen LogP contribution >= 0.6 is 0 Å². The summed E-state index contributed by atoms with van der Waals surface area (Å²) in [6.07, 6.45) is 6.95. The van der Waals surface area contributed by atoms with Gasteiger partial charge in [-0.2, -0.15) is 0 Å². The average molecular weight is 536 g/mol. The number of sulfone groups is 1. The summed E-state index contributed by atoms with van der Waals surface area (Å²) in [4.78, 5) is 19.0. The normalized spacial score (nSPS) is 25.3. The van der Waals surface area contributed by atoms with Gasteiger partial charge in [0, 0.05) is 72.8 Å². The van der Waals surface area contributed by atoms with E-state index in [1.807, 2.05) is 18.5 Å². The lowest BCUT2D eigenvalue weighted by atomic mass is 9.88. The molecule has 3 saturated heterocycles. The number of pyridine rings is 1. The lowest BCUT2D eigenvalue weighted by Crippen LogP contribution is -2.57. The van der Waals surface area contributed by atoms with Crippen LogP contribution in [0.5, 0.6) is 0 Å². The number of fused-ring (bicyclic) bond motifs is 2. The molecule has 0 N–H and O–H groups in total. The van der Waals surface area contributed by atoms with E-state index in [0.29, 0.717) is 24.3 Å². The molecule has 0 bridgehead atoms. The predicted octanol–water partition coefficient (Wildman–Crippen LogP) is 3.83. The summed E-state index contributed by atoms with van der Waals surface area (Å²) in [6, 6.07) is 9.16. The van der Waals surface area contributed by atoms with E-state index in [1.165, 1.54) is 17.2 Å². The summed E-state index contributed by atoms with van der Waals surface area (Å²) >= 11 is 0. The first-order valence-electron chi connectivity index (χ1n) is 13.7. The van der Waals surface area contributed by atoms with E-state index in [-0.39, 0.29) is 17.7 Å². The van der Waals surface area contributed by atoms with Crippen LogP contribution < -0.4 is 9.80 Å². The van der Waals surface area contributed by atoms with Gasteiger partial charge < -0.3 is 14.5 Å². The van der Waals surface area contributed by atoms with Crippen LogP contribution in [0.4, 0.5) is 11.6 Å². The van der Waals surface area contributed by atoms with E-state index in [2.05, 4.69) is 53.8 Å². The summed E-state index contributed by atoms with van der Waals surface area (Å²) in [5.41, 5.74) is 4.37. The second-order valence-electron chi connectivity index (χ2n) is 11.7. The third-order valence-electron chi connectivity index (χ3n) is 8.65. The number of nitrogens with zero attached hydrogens (tertiary/aromatic N) is 5. The topological polar surface area (TPSA) is 88.5 Å². The molecule has 2 aromatic heterocycles. The van der Waals surface area contributed by atoms with Crippen LogP contribution in [0.3, 0.4) is 0 Å². The molecule has 0 aliphatic carbocycles. The Morgan fingerprint density at radius 2 is 1.92 bits per heavy atom. The zero-order valence-corrected chi connectivity index (χ0v) is 23.5. The highest BCUT2D eigenvalue weighted by Crippen LogP contribution is 2.39. The molecule has 0 spiro atoms. The molecule has 4 atom stereocenters. The van der Waals surface area contributed by atoms with E-state index in [4.69, 9.17) is 14.7 Å². The van der Waals surface area contributed by atoms with Crippen molar-refractivity contribution in [2.75, 3.05) is 48.1 Å². The molecule has 202 valence electrons. The maximum Gasteiger partial charge on any atom is 0.225 e. The lowest BCUT2D eigenvalue weighted by Gasteiger charge is -2.48. The summed E-state index contributed by atoms with van der Waals surface area (Å²) in [5, 5.41) is 2.33. The molecule has 3 fully saturated rings. The zero-order valence-electron chi connectivity index (χ0n) is 22.7. The molecule has 3 aliphatic rings. The third-order valence-corrected chi connectivity index (χ3v) is 9.68. The minimum Gasteiger partial charge on any atom is -0.379 e. The smallest absolute Gasteiger partial charge is 0.225 e. The van der Waals surface area contributed by atoms with E-state index in [1.54, 1.807) is 0 Å². The summed E-state index contributed by atoms with van der Waals surface area (Å²) in [5.74, 6) is 2.15. The minimum absolute atomic E-state index is 0.158. The molecule has 6 rings (SSSR count). The van der Waals surface area contributed by atoms with Crippen LogP contribution in [0.15, 0.2) is 36.7 Å². The molecular formula is C29H37N5O3S. The highest BCUT2D eigenvalue weighted by Gasteiger charge is 2.40. The Morgan fingerprint density at radius 1 is 1.08 bits per heavy atom. The number of aromatic nitrogens is 3. The van der Waals surface area contributed by atoms with E-state index >= 15 is 0 Å². The third kappa shape index (κ3) is 4.75. The fourth-order valence-corrected chi connectivity index (χ4v) is 7.62. The van der Waals surface area contributed by atoms with Gasteiger partial charge >= 0.3 is 0 Å². The molecule has 9 heteroatoms. The molecule has 5 heterocycles. The van der Waals surface area contributed by atoms with Gasteiger partial charge in [0.1, 0.15) is 9.84 Å². The van der Waals surface area contributed by atoms with Gasteiger partial charge in [-0.05, 0) is 48.4 Å². The van der Waals surface area contributed by atoms with Crippen molar-refractivity contribution < 1.29 is 13.2 Å². The quantitative estimate of drug-likeness (QED) is 0.451. The molecule has 0 saturated carbocycles. The van der Waals surface area contributed by atoms with Crippen LogP contribution in [-0.2, 0) is 21.0 Å². The van der Waals surface area contributed by atoms with Crippen molar-refractivity contribution in [3.05, 3.63) is 53.6 Å². The van der Waals surface area contributed by atoms with Crippen molar-refractivity contribution in [3.8, 4) is 0 Å². The lowest BCUT2D eigenvalue weighted by molar-refractivity contribution is 0.179. The van der Waals surface area contributed by atoms with Crippen LogP contribution in [0.25, 0.3) is 10.8 Å². The molecule has 1 aromatic carbocycles. The van der Waals surface area contributed by atoms with Crippen LogP contribution in [0, 0.1) is 11.8 Å². The van der Waals surface area contributed by atoms with Crippen LogP contribution in [0.2, 0.25) is 0 Å². The van der Waals surface area contributed by atoms with Gasteiger partial charge in [0.2, 0.25) is 5.95 Å². The maximum atomic E-state index is 11.8. The van der Waals surface area contributed by atoms with E-state index in [0.717, 1.165) is 61.1 Å². The molecule has 0 unspecified atom stereocenters. The summed E-state index contributed by atoms with van der Waals surface area (Å²) in [7, 11) is -2.99. The molecule has 3 aromatic rings. The second kappa shape index (κ2) is 9.75. The van der Waals surface area contributed by atoms with Crippen molar-refractivity contribution in [1.29, 1.82) is 0 Å². The summed E-state index contributed by atoms with van der Waals surface area (Å²) in [6.45, 7) is 9.89. The molecule has 38 heavy (non-hydrogen) atoms. The fourth-order valence-electron chi connectivity index (χ4n) is 6.46. The number of ether oxygens (including phenoxy) is 1. The second-order valence-corrected chi connectivity index (χ2v) is 13.9. The molecular weight excluding hydrogens is 498 g/mol. The monoisotopic (exact) mass is 535 g/mol. The van der Waals surface area contributed by atoms with Crippen molar-refractivity contribution in [1.82, 2.24) is 15.0 Å². The van der Waals surface area contributed by atoms with Gasteiger partial charge in [-0.25, -0.2) is 18.4 Å².